The molecule has 44 heavy (non-hydrogen) atoms. The molecule has 15 heteroatoms. The van der Waals surface area contributed by atoms with Crippen LogP contribution >= 0.6 is 0 Å². The van der Waals surface area contributed by atoms with E-state index < -0.39 is 17.3 Å². The smallest absolute Gasteiger partial charge is 0.435 e. The predicted octanol–water partition coefficient (Wildman–Crippen LogP) is 3.82. The van der Waals surface area contributed by atoms with Gasteiger partial charge in [0, 0.05) is 54.9 Å². The Kier molecular flexibility index (Phi) is 10.2. The van der Waals surface area contributed by atoms with E-state index in [1.165, 1.54) is 33.9 Å². The second-order valence-electron chi connectivity index (χ2n) is 10.8. The van der Waals surface area contributed by atoms with Gasteiger partial charge < -0.3 is 25.8 Å². The van der Waals surface area contributed by atoms with Crippen molar-refractivity contribution >= 4 is 29.5 Å². The van der Waals surface area contributed by atoms with Crippen LogP contribution in [0.5, 0.6) is 0 Å². The summed E-state index contributed by atoms with van der Waals surface area (Å²) in [5.41, 5.74) is 5.89. The van der Waals surface area contributed by atoms with E-state index in [0.717, 1.165) is 5.56 Å². The molecule has 236 valence electrons. The van der Waals surface area contributed by atoms with Crippen molar-refractivity contribution in [3.8, 4) is 11.3 Å². The fraction of sp³-hybridized carbons (Fsp3) is 0.414. The highest BCUT2D eigenvalue weighted by molar-refractivity contribution is 5.96. The van der Waals surface area contributed by atoms with E-state index in [2.05, 4.69) is 25.7 Å². The number of carbonyl (C=O) groups excluding carboxylic acids is 2. The van der Waals surface area contributed by atoms with Crippen LogP contribution in [0.25, 0.3) is 16.9 Å². The van der Waals surface area contributed by atoms with Crippen molar-refractivity contribution in [2.45, 2.75) is 39.9 Å². The Morgan fingerprint density at radius 1 is 1.18 bits per heavy atom. The number of halogens is 3. The lowest BCUT2D eigenvalue weighted by atomic mass is 9.95. The third-order valence-electron chi connectivity index (χ3n) is 6.65. The summed E-state index contributed by atoms with van der Waals surface area (Å²) >= 11 is 0. The molecule has 0 saturated carbocycles. The van der Waals surface area contributed by atoms with Crippen molar-refractivity contribution in [3.63, 3.8) is 0 Å². The van der Waals surface area contributed by atoms with Crippen LogP contribution in [-0.4, -0.2) is 69.4 Å². The van der Waals surface area contributed by atoms with Crippen molar-refractivity contribution < 1.29 is 32.2 Å². The molecular formula is C29H35F3N8O4. The zero-order chi connectivity index (χ0) is 31.9. The number of carbonyl (C=O) groups is 2. The molecule has 4 rings (SSSR count). The molecule has 0 bridgehead atoms. The van der Waals surface area contributed by atoms with Gasteiger partial charge in [0.05, 0.1) is 37.3 Å². The fourth-order valence-corrected chi connectivity index (χ4v) is 4.69. The number of hydrogen-bond donors (Lipinski definition) is 3. The Morgan fingerprint density at radius 2 is 1.98 bits per heavy atom. The van der Waals surface area contributed by atoms with Crippen LogP contribution < -0.4 is 16.4 Å². The molecule has 0 aliphatic rings. The number of hydrogen-bond acceptors (Lipinski definition) is 9. The summed E-state index contributed by atoms with van der Waals surface area (Å²) in [6.45, 7) is 7.34. The number of ether oxygens (including phenoxy) is 2. The molecule has 0 fully saturated rings. The lowest BCUT2D eigenvalue weighted by Crippen LogP contribution is -2.28. The first-order chi connectivity index (χ1) is 21.0. The Balaban J connectivity index is 1.60. The second-order valence-corrected chi connectivity index (χ2v) is 10.8. The normalized spacial score (nSPS) is 12.0. The van der Waals surface area contributed by atoms with Gasteiger partial charge in [-0.25, -0.2) is 9.97 Å². The first-order valence-corrected chi connectivity index (χ1v) is 14.0. The highest BCUT2D eigenvalue weighted by Crippen LogP contribution is 2.37. The number of imidazole rings is 1. The Morgan fingerprint density at radius 3 is 2.68 bits per heavy atom. The molecule has 4 N–H and O–H groups in total. The van der Waals surface area contributed by atoms with Gasteiger partial charge in [-0.1, -0.05) is 20.8 Å². The summed E-state index contributed by atoms with van der Waals surface area (Å²) in [6.07, 6.45) is 1.46. The van der Waals surface area contributed by atoms with Gasteiger partial charge in [0.2, 0.25) is 0 Å². The van der Waals surface area contributed by atoms with Crippen LogP contribution in [0.1, 0.15) is 42.4 Å². The number of nitrogens with zero attached hydrogens (tertiary/aromatic N) is 5. The summed E-state index contributed by atoms with van der Waals surface area (Å²) in [4.78, 5) is 32.1. The number of amides is 1. The van der Waals surface area contributed by atoms with Crippen molar-refractivity contribution in [1.82, 2.24) is 29.5 Å². The average Bonchev–Trinajstić information content (AvgIpc) is 3.60. The SMILES string of the molecule is CCc1cc(Nc2nccn3c(-c4cn(CC(C)(C)COC=O)nc4C(F)(F)F)cnc23)ccc1C(=O)NCCOCCN. The maximum Gasteiger partial charge on any atom is 0.435 e. The summed E-state index contributed by atoms with van der Waals surface area (Å²) in [6, 6.07) is 5.23. The average molecular weight is 617 g/mol. The van der Waals surface area contributed by atoms with E-state index in [1.807, 2.05) is 13.0 Å². The second kappa shape index (κ2) is 13.9. The van der Waals surface area contributed by atoms with E-state index in [0.29, 0.717) is 61.9 Å². The number of nitrogens with one attached hydrogen (secondary N) is 2. The van der Waals surface area contributed by atoms with Gasteiger partial charge in [0.15, 0.2) is 17.2 Å². The monoisotopic (exact) mass is 616 g/mol. The molecular weight excluding hydrogens is 581 g/mol. The molecule has 0 spiro atoms. The van der Waals surface area contributed by atoms with Crippen LogP contribution in [0, 0.1) is 5.41 Å². The standard InChI is InChI=1S/C29H35F3N8O4/c1-4-19-13-20(5-6-21(19)27(42)35-9-12-43-11-7-33)37-25-26-36-14-23(40(26)10-8-34-25)22-15-39(38-24(22)29(30,31)32)16-28(2,3)17-44-18-41/h5-6,8,10,13-15,18H,4,7,9,11-12,16-17,33H2,1-3H3,(H,34,37)(H,35,42). The predicted molar refractivity (Wildman–Crippen MR) is 156 cm³/mol. The number of anilines is 2. The molecule has 0 saturated heterocycles. The minimum absolute atomic E-state index is 0.0128. The third-order valence-corrected chi connectivity index (χ3v) is 6.65. The molecule has 0 aliphatic carbocycles. The quantitative estimate of drug-likeness (QED) is 0.134. The number of aryl methyl sites for hydroxylation is 1. The minimum atomic E-state index is -4.73. The summed E-state index contributed by atoms with van der Waals surface area (Å²) in [7, 11) is 0. The van der Waals surface area contributed by atoms with Gasteiger partial charge in [0.1, 0.15) is 0 Å². The van der Waals surface area contributed by atoms with Crippen molar-refractivity contribution in [2.24, 2.45) is 11.1 Å². The molecule has 0 unspecified atom stereocenters. The number of aromatic nitrogens is 5. The fourth-order valence-electron chi connectivity index (χ4n) is 4.69. The molecule has 0 radical (unpaired) electrons. The molecule has 1 amide bonds. The van der Waals surface area contributed by atoms with Gasteiger partial charge in [-0.2, -0.15) is 18.3 Å². The topological polar surface area (TPSA) is 151 Å². The van der Waals surface area contributed by atoms with Crippen LogP contribution in [0.2, 0.25) is 0 Å². The number of benzene rings is 1. The number of nitrogens with two attached hydrogens (primary N) is 1. The third kappa shape index (κ3) is 7.71. The zero-order valence-electron chi connectivity index (χ0n) is 24.6. The molecule has 12 nitrogen and oxygen atoms in total. The van der Waals surface area contributed by atoms with Crippen LogP contribution in [0.3, 0.4) is 0 Å². The van der Waals surface area contributed by atoms with Gasteiger partial charge in [-0.15, -0.1) is 0 Å². The van der Waals surface area contributed by atoms with E-state index >= 15 is 0 Å². The van der Waals surface area contributed by atoms with Crippen LogP contribution in [0.4, 0.5) is 24.7 Å². The molecule has 0 aliphatic heterocycles. The maximum atomic E-state index is 14.1. The van der Waals surface area contributed by atoms with Gasteiger partial charge in [-0.3, -0.25) is 18.7 Å². The highest BCUT2D eigenvalue weighted by atomic mass is 19.4. The summed E-state index contributed by atoms with van der Waals surface area (Å²) in [5.74, 6) is 0.0756. The molecule has 3 aromatic heterocycles. The van der Waals surface area contributed by atoms with Crippen molar-refractivity contribution in [1.29, 1.82) is 0 Å². The van der Waals surface area contributed by atoms with Gasteiger partial charge in [0.25, 0.3) is 12.4 Å². The maximum absolute atomic E-state index is 14.1. The van der Waals surface area contributed by atoms with Crippen LogP contribution in [0.15, 0.2) is 43.0 Å². The van der Waals surface area contributed by atoms with Crippen molar-refractivity contribution in [3.05, 3.63) is 59.8 Å². The van der Waals surface area contributed by atoms with E-state index in [4.69, 9.17) is 15.2 Å². The van der Waals surface area contributed by atoms with Crippen molar-refractivity contribution in [2.75, 3.05) is 38.2 Å². The lowest BCUT2D eigenvalue weighted by molar-refractivity contribution is -0.141. The molecule has 4 aromatic rings. The molecule has 3 heterocycles. The van der Waals surface area contributed by atoms with E-state index in [1.54, 1.807) is 26.0 Å². The first-order valence-electron chi connectivity index (χ1n) is 14.0. The zero-order valence-corrected chi connectivity index (χ0v) is 24.6. The summed E-state index contributed by atoms with van der Waals surface area (Å²) < 4.78 is 55.1. The van der Waals surface area contributed by atoms with E-state index in [-0.39, 0.29) is 30.3 Å². The Labute approximate surface area is 251 Å². The Bertz CT molecular complexity index is 1600. The lowest BCUT2D eigenvalue weighted by Gasteiger charge is -2.22. The van der Waals surface area contributed by atoms with Gasteiger partial charge >= 0.3 is 6.18 Å². The number of fused-ring (bicyclic) bond motifs is 1. The number of rotatable bonds is 15. The highest BCUT2D eigenvalue weighted by Gasteiger charge is 2.39. The molecule has 0 atom stereocenters. The first kappa shape index (κ1) is 32.4. The van der Waals surface area contributed by atoms with Gasteiger partial charge in [-0.05, 0) is 30.2 Å². The molecule has 1 aromatic carbocycles. The largest absolute Gasteiger partial charge is 0.467 e. The van der Waals surface area contributed by atoms with E-state index in [9.17, 15) is 22.8 Å². The number of alkyl halides is 3. The Hall–Kier alpha value is -4.50. The summed E-state index contributed by atoms with van der Waals surface area (Å²) in [5, 5.41) is 9.83. The minimum Gasteiger partial charge on any atom is -0.467 e. The van der Waals surface area contributed by atoms with Crippen LogP contribution in [-0.2, 0) is 33.4 Å².